The molecule has 0 saturated carbocycles. The molecule has 8 heteroatoms. The van der Waals surface area contributed by atoms with Gasteiger partial charge in [0.15, 0.2) is 6.10 Å². The highest BCUT2D eigenvalue weighted by Crippen LogP contribution is 2.29. The summed E-state index contributed by atoms with van der Waals surface area (Å²) in [6.45, 7) is 5.01. The molecular weight excluding hydrogens is 350 g/mol. The summed E-state index contributed by atoms with van der Waals surface area (Å²) in [6, 6.07) is 12.8. The van der Waals surface area contributed by atoms with Gasteiger partial charge in [-0.1, -0.05) is 18.2 Å². The summed E-state index contributed by atoms with van der Waals surface area (Å²) in [4.78, 5) is 34.9. The number of anilines is 2. The quantitative estimate of drug-likeness (QED) is 0.438. The molecule has 0 heterocycles. The monoisotopic (exact) mass is 371 g/mol. The predicted octanol–water partition coefficient (Wildman–Crippen LogP) is 3.41. The Bertz CT molecular complexity index is 836. The standard InChI is InChI=1S/C19H21N3O5/c1-12(2)20-18(23)13(3)27-19(24)14-9-10-16(17(11-14)22(25)26)21-15-7-5-4-6-8-15/h4-13,21H,1-3H3,(H,20,23)/t13-/m1/s1. The normalized spacial score (nSPS) is 11.6. The number of rotatable bonds is 7. The van der Waals surface area contributed by atoms with Crippen LogP contribution < -0.4 is 10.6 Å². The molecule has 0 fully saturated rings. The zero-order chi connectivity index (χ0) is 20.0. The lowest BCUT2D eigenvalue weighted by Crippen LogP contribution is -2.39. The third-order valence-corrected chi connectivity index (χ3v) is 3.57. The summed E-state index contributed by atoms with van der Waals surface area (Å²) >= 11 is 0. The molecule has 8 nitrogen and oxygen atoms in total. The number of nitrogens with one attached hydrogen (secondary N) is 2. The van der Waals surface area contributed by atoms with Crippen LogP contribution in [0.2, 0.25) is 0 Å². The Hall–Kier alpha value is -3.42. The molecule has 2 aromatic carbocycles. The fourth-order valence-corrected chi connectivity index (χ4v) is 2.28. The van der Waals surface area contributed by atoms with Crippen molar-refractivity contribution < 1.29 is 19.2 Å². The van der Waals surface area contributed by atoms with Gasteiger partial charge in [0.1, 0.15) is 5.69 Å². The number of carbonyl (C=O) groups excluding carboxylic acids is 2. The summed E-state index contributed by atoms with van der Waals surface area (Å²) < 4.78 is 5.10. The van der Waals surface area contributed by atoms with Crippen molar-refractivity contribution in [2.24, 2.45) is 0 Å². The van der Waals surface area contributed by atoms with E-state index in [1.807, 2.05) is 6.07 Å². The van der Waals surface area contributed by atoms with E-state index in [1.54, 1.807) is 38.1 Å². The fourth-order valence-electron chi connectivity index (χ4n) is 2.28. The smallest absolute Gasteiger partial charge is 0.339 e. The van der Waals surface area contributed by atoms with Gasteiger partial charge in [-0.05, 0) is 45.0 Å². The highest BCUT2D eigenvalue weighted by molar-refractivity contribution is 5.94. The van der Waals surface area contributed by atoms with Gasteiger partial charge in [0.2, 0.25) is 0 Å². The number of benzene rings is 2. The number of esters is 1. The maximum Gasteiger partial charge on any atom is 0.339 e. The first-order valence-corrected chi connectivity index (χ1v) is 8.39. The molecule has 142 valence electrons. The van der Waals surface area contributed by atoms with Crippen LogP contribution in [0, 0.1) is 10.1 Å². The molecule has 0 aliphatic carbocycles. The Kier molecular flexibility index (Phi) is 6.48. The number of hydrogen-bond donors (Lipinski definition) is 2. The minimum Gasteiger partial charge on any atom is -0.449 e. The van der Waals surface area contributed by atoms with Crippen molar-refractivity contribution in [1.82, 2.24) is 5.32 Å². The number of ether oxygens (including phenoxy) is 1. The van der Waals surface area contributed by atoms with Crippen molar-refractivity contribution in [1.29, 1.82) is 0 Å². The van der Waals surface area contributed by atoms with Gasteiger partial charge in [-0.25, -0.2) is 4.79 Å². The van der Waals surface area contributed by atoms with E-state index in [-0.39, 0.29) is 23.0 Å². The lowest BCUT2D eigenvalue weighted by molar-refractivity contribution is -0.383. The molecule has 2 rings (SSSR count). The molecule has 27 heavy (non-hydrogen) atoms. The zero-order valence-electron chi connectivity index (χ0n) is 15.3. The maximum atomic E-state index is 12.2. The van der Waals surface area contributed by atoms with Gasteiger partial charge in [0.05, 0.1) is 10.5 Å². The van der Waals surface area contributed by atoms with Crippen molar-refractivity contribution in [3.8, 4) is 0 Å². The minimum absolute atomic E-state index is 0.00971. The van der Waals surface area contributed by atoms with Crippen LogP contribution in [0.25, 0.3) is 0 Å². The average molecular weight is 371 g/mol. The van der Waals surface area contributed by atoms with E-state index < -0.39 is 22.9 Å². The Labute approximate surface area is 156 Å². The van der Waals surface area contributed by atoms with Crippen molar-refractivity contribution in [3.05, 3.63) is 64.2 Å². The number of hydrogen-bond acceptors (Lipinski definition) is 6. The molecule has 0 aliphatic heterocycles. The molecule has 0 aromatic heterocycles. The third kappa shape index (κ3) is 5.53. The van der Waals surface area contributed by atoms with Crippen LogP contribution in [0.3, 0.4) is 0 Å². The predicted molar refractivity (Wildman–Crippen MR) is 101 cm³/mol. The first kappa shape index (κ1) is 19.9. The van der Waals surface area contributed by atoms with Gasteiger partial charge >= 0.3 is 5.97 Å². The summed E-state index contributed by atoms with van der Waals surface area (Å²) in [6.07, 6.45) is -1.01. The molecule has 0 bridgehead atoms. The summed E-state index contributed by atoms with van der Waals surface area (Å²) in [5.41, 5.74) is 0.639. The van der Waals surface area contributed by atoms with E-state index in [9.17, 15) is 19.7 Å². The SMILES string of the molecule is CC(C)NC(=O)[C@@H](C)OC(=O)c1ccc(Nc2ccccc2)c([N+](=O)[O-])c1. The maximum absolute atomic E-state index is 12.2. The third-order valence-electron chi connectivity index (χ3n) is 3.57. The highest BCUT2D eigenvalue weighted by atomic mass is 16.6. The van der Waals surface area contributed by atoms with Crippen LogP contribution in [-0.4, -0.2) is 28.9 Å². The number of nitro groups is 1. The molecule has 1 amide bonds. The zero-order valence-corrected chi connectivity index (χ0v) is 15.3. The molecule has 0 aliphatic rings. The van der Waals surface area contributed by atoms with Gasteiger partial charge in [0.25, 0.3) is 11.6 Å². The number of nitro benzene ring substituents is 1. The first-order valence-electron chi connectivity index (χ1n) is 8.39. The number of para-hydroxylation sites is 1. The lowest BCUT2D eigenvalue weighted by Gasteiger charge is -2.15. The van der Waals surface area contributed by atoms with Gasteiger partial charge in [-0.3, -0.25) is 14.9 Å². The van der Waals surface area contributed by atoms with Gasteiger partial charge in [-0.15, -0.1) is 0 Å². The number of nitrogens with zero attached hydrogens (tertiary/aromatic N) is 1. The Balaban J connectivity index is 2.18. The van der Waals surface area contributed by atoms with Crippen LogP contribution in [0.15, 0.2) is 48.5 Å². The van der Waals surface area contributed by atoms with Crippen LogP contribution in [0.1, 0.15) is 31.1 Å². The van der Waals surface area contributed by atoms with E-state index in [0.29, 0.717) is 5.69 Å². The molecule has 2 N–H and O–H groups in total. The van der Waals surface area contributed by atoms with Crippen LogP contribution in [-0.2, 0) is 9.53 Å². The Morgan fingerprint density at radius 1 is 1.07 bits per heavy atom. The minimum atomic E-state index is -1.01. The second kappa shape index (κ2) is 8.79. The number of amides is 1. The Morgan fingerprint density at radius 3 is 2.33 bits per heavy atom. The van der Waals surface area contributed by atoms with Gasteiger partial charge in [-0.2, -0.15) is 0 Å². The van der Waals surface area contributed by atoms with Gasteiger partial charge < -0.3 is 15.4 Å². The van der Waals surface area contributed by atoms with Crippen LogP contribution in [0.4, 0.5) is 17.1 Å². The first-order chi connectivity index (χ1) is 12.8. The van der Waals surface area contributed by atoms with E-state index >= 15 is 0 Å². The van der Waals surface area contributed by atoms with E-state index in [1.165, 1.54) is 19.1 Å². The molecule has 0 unspecified atom stereocenters. The molecule has 2 aromatic rings. The lowest BCUT2D eigenvalue weighted by atomic mass is 10.1. The summed E-state index contributed by atoms with van der Waals surface area (Å²) in [5, 5.41) is 17.0. The average Bonchev–Trinajstić information content (AvgIpc) is 2.62. The summed E-state index contributed by atoms with van der Waals surface area (Å²) in [5.74, 6) is -1.24. The highest BCUT2D eigenvalue weighted by Gasteiger charge is 2.22. The van der Waals surface area contributed by atoms with Crippen molar-refractivity contribution in [2.45, 2.75) is 32.9 Å². The van der Waals surface area contributed by atoms with Crippen LogP contribution >= 0.6 is 0 Å². The molecule has 1 atom stereocenters. The molecule has 0 radical (unpaired) electrons. The summed E-state index contributed by atoms with van der Waals surface area (Å²) in [7, 11) is 0. The van der Waals surface area contributed by atoms with Crippen LogP contribution in [0.5, 0.6) is 0 Å². The largest absolute Gasteiger partial charge is 0.449 e. The van der Waals surface area contributed by atoms with Crippen molar-refractivity contribution in [3.63, 3.8) is 0 Å². The van der Waals surface area contributed by atoms with Crippen molar-refractivity contribution >= 4 is 28.9 Å². The van der Waals surface area contributed by atoms with Crippen molar-refractivity contribution in [2.75, 3.05) is 5.32 Å². The molecular formula is C19H21N3O5. The topological polar surface area (TPSA) is 111 Å². The Morgan fingerprint density at radius 2 is 1.74 bits per heavy atom. The van der Waals surface area contributed by atoms with E-state index in [4.69, 9.17) is 4.74 Å². The second-order valence-electron chi connectivity index (χ2n) is 6.19. The van der Waals surface area contributed by atoms with E-state index in [0.717, 1.165) is 6.07 Å². The fraction of sp³-hybridized carbons (Fsp3) is 0.263. The number of carbonyl (C=O) groups is 2. The molecule has 0 spiro atoms. The van der Waals surface area contributed by atoms with E-state index in [2.05, 4.69) is 10.6 Å². The molecule has 0 saturated heterocycles. The second-order valence-corrected chi connectivity index (χ2v) is 6.19. The van der Waals surface area contributed by atoms with Gasteiger partial charge in [0, 0.05) is 17.8 Å².